The average Bonchev–Trinajstić information content (AvgIpc) is 2.25. The predicted molar refractivity (Wildman–Crippen MR) is 52.3 cm³/mol. The number of carbonyl (C=O) groups excluding carboxylic acids is 1. The minimum absolute atomic E-state index is 0.00384. The van der Waals surface area contributed by atoms with Crippen LogP contribution >= 0.6 is 0 Å². The summed E-state index contributed by atoms with van der Waals surface area (Å²) in [5.74, 6) is -0.525. The second kappa shape index (κ2) is 5.26. The maximum absolute atomic E-state index is 10.9. The molecule has 0 saturated carbocycles. The molecular formula is C9H13N3O3. The van der Waals surface area contributed by atoms with Gasteiger partial charge in [-0.1, -0.05) is 0 Å². The molecule has 0 amide bonds. The minimum Gasteiger partial charge on any atom is -0.468 e. The fourth-order valence-corrected chi connectivity index (χ4v) is 0.879. The molecule has 1 atom stereocenters. The number of ether oxygens (including phenoxy) is 2. The van der Waals surface area contributed by atoms with Gasteiger partial charge >= 0.3 is 12.0 Å². The van der Waals surface area contributed by atoms with Crippen molar-refractivity contribution in [3.8, 4) is 6.01 Å². The van der Waals surface area contributed by atoms with Gasteiger partial charge < -0.3 is 15.2 Å². The van der Waals surface area contributed by atoms with Gasteiger partial charge in [-0.3, -0.25) is 4.79 Å². The van der Waals surface area contributed by atoms with E-state index in [4.69, 9.17) is 10.5 Å². The van der Waals surface area contributed by atoms with E-state index in [0.717, 1.165) is 5.69 Å². The first kappa shape index (κ1) is 11.4. The molecular weight excluding hydrogens is 198 g/mol. The van der Waals surface area contributed by atoms with Gasteiger partial charge in [0.2, 0.25) is 0 Å². The summed E-state index contributed by atoms with van der Waals surface area (Å²) in [6.45, 7) is 1.81. The average molecular weight is 211 g/mol. The van der Waals surface area contributed by atoms with Gasteiger partial charge in [-0.25, -0.2) is 9.97 Å². The third-order valence-corrected chi connectivity index (χ3v) is 1.67. The third kappa shape index (κ3) is 3.51. The fourth-order valence-electron chi connectivity index (χ4n) is 0.879. The molecule has 6 heteroatoms. The lowest BCUT2D eigenvalue weighted by molar-refractivity contribution is -0.142. The Labute approximate surface area is 87.4 Å². The van der Waals surface area contributed by atoms with Gasteiger partial charge in [-0.2, -0.15) is 0 Å². The molecule has 0 radical (unpaired) electrons. The van der Waals surface area contributed by atoms with Crippen LogP contribution in [0, 0.1) is 6.92 Å². The molecule has 1 aromatic rings. The monoisotopic (exact) mass is 211 g/mol. The highest BCUT2D eigenvalue weighted by molar-refractivity contribution is 5.75. The first-order valence-electron chi connectivity index (χ1n) is 4.39. The highest BCUT2D eigenvalue weighted by atomic mass is 16.5. The lowest BCUT2D eigenvalue weighted by Gasteiger charge is -2.09. The van der Waals surface area contributed by atoms with E-state index in [2.05, 4.69) is 14.7 Å². The number of aromatic nitrogens is 2. The Kier molecular flexibility index (Phi) is 3.99. The number of hydrogen-bond acceptors (Lipinski definition) is 6. The van der Waals surface area contributed by atoms with Crippen LogP contribution in [0.25, 0.3) is 0 Å². The summed E-state index contributed by atoms with van der Waals surface area (Å²) < 4.78 is 9.56. The van der Waals surface area contributed by atoms with Gasteiger partial charge in [0.25, 0.3) is 0 Å². The van der Waals surface area contributed by atoms with Crippen LogP contribution in [0.2, 0.25) is 0 Å². The molecule has 0 bridgehead atoms. The van der Waals surface area contributed by atoms with Crippen LogP contribution in [0.3, 0.4) is 0 Å². The highest BCUT2D eigenvalue weighted by Gasteiger charge is 2.14. The van der Waals surface area contributed by atoms with Crippen molar-refractivity contribution in [1.82, 2.24) is 9.97 Å². The van der Waals surface area contributed by atoms with Crippen LogP contribution < -0.4 is 10.5 Å². The number of esters is 1. The van der Waals surface area contributed by atoms with Crippen molar-refractivity contribution in [2.45, 2.75) is 13.0 Å². The standard InChI is InChI=1S/C9H13N3O3/c1-6-3-4-11-9(12-6)15-5-7(10)8(13)14-2/h3-4,7H,5,10H2,1-2H3. The molecule has 0 spiro atoms. The number of hydrogen-bond donors (Lipinski definition) is 1. The first-order valence-corrected chi connectivity index (χ1v) is 4.39. The fraction of sp³-hybridized carbons (Fsp3) is 0.444. The van der Waals surface area contributed by atoms with Crippen LogP contribution in [0.5, 0.6) is 6.01 Å². The van der Waals surface area contributed by atoms with Crippen molar-refractivity contribution in [2.24, 2.45) is 5.73 Å². The third-order valence-electron chi connectivity index (χ3n) is 1.67. The van der Waals surface area contributed by atoms with Gasteiger partial charge in [-0.05, 0) is 13.0 Å². The van der Waals surface area contributed by atoms with E-state index in [0.29, 0.717) is 0 Å². The zero-order valence-electron chi connectivity index (χ0n) is 8.64. The van der Waals surface area contributed by atoms with Crippen molar-refractivity contribution >= 4 is 5.97 Å². The lowest BCUT2D eigenvalue weighted by atomic mass is 10.3. The number of aryl methyl sites for hydroxylation is 1. The second-order valence-electron chi connectivity index (χ2n) is 2.92. The Balaban J connectivity index is 2.47. The van der Waals surface area contributed by atoms with Gasteiger partial charge in [0.1, 0.15) is 12.6 Å². The van der Waals surface area contributed by atoms with Crippen LogP contribution in [0.1, 0.15) is 5.69 Å². The SMILES string of the molecule is COC(=O)C(N)COc1nccc(C)n1. The van der Waals surface area contributed by atoms with Crippen LogP contribution in [-0.2, 0) is 9.53 Å². The number of nitrogens with two attached hydrogens (primary N) is 1. The maximum Gasteiger partial charge on any atom is 0.326 e. The molecule has 6 nitrogen and oxygen atoms in total. The number of methoxy groups -OCH3 is 1. The molecule has 0 aliphatic rings. The number of rotatable bonds is 4. The minimum atomic E-state index is -0.820. The summed E-state index contributed by atoms with van der Waals surface area (Å²) >= 11 is 0. The van der Waals surface area contributed by atoms with Crippen molar-refractivity contribution < 1.29 is 14.3 Å². The summed E-state index contributed by atoms with van der Waals surface area (Å²) in [5, 5.41) is 0. The Hall–Kier alpha value is -1.69. The zero-order chi connectivity index (χ0) is 11.3. The topological polar surface area (TPSA) is 87.3 Å². The van der Waals surface area contributed by atoms with E-state index in [9.17, 15) is 4.79 Å². The van der Waals surface area contributed by atoms with Crippen LogP contribution in [0.15, 0.2) is 12.3 Å². The van der Waals surface area contributed by atoms with E-state index < -0.39 is 12.0 Å². The van der Waals surface area contributed by atoms with Gasteiger partial charge in [0.15, 0.2) is 0 Å². The van der Waals surface area contributed by atoms with E-state index in [1.807, 2.05) is 6.92 Å². The summed E-state index contributed by atoms with van der Waals surface area (Å²) in [7, 11) is 1.27. The van der Waals surface area contributed by atoms with Crippen molar-refractivity contribution in [3.63, 3.8) is 0 Å². The molecule has 0 fully saturated rings. The Morgan fingerprint density at radius 2 is 2.40 bits per heavy atom. The molecule has 1 rings (SSSR count). The Morgan fingerprint density at radius 1 is 1.67 bits per heavy atom. The summed E-state index contributed by atoms with van der Waals surface area (Å²) in [4.78, 5) is 18.8. The molecule has 0 saturated heterocycles. The molecule has 1 unspecified atom stereocenters. The van der Waals surface area contributed by atoms with E-state index in [1.54, 1.807) is 12.3 Å². The summed E-state index contributed by atoms with van der Waals surface area (Å²) in [6.07, 6.45) is 1.57. The molecule has 15 heavy (non-hydrogen) atoms. The van der Waals surface area contributed by atoms with Gasteiger partial charge in [0, 0.05) is 11.9 Å². The van der Waals surface area contributed by atoms with E-state index in [1.165, 1.54) is 7.11 Å². The highest BCUT2D eigenvalue weighted by Crippen LogP contribution is 2.01. The summed E-state index contributed by atoms with van der Waals surface area (Å²) in [6, 6.07) is 1.13. The van der Waals surface area contributed by atoms with Crippen molar-refractivity contribution in [3.05, 3.63) is 18.0 Å². The van der Waals surface area contributed by atoms with Crippen LogP contribution in [-0.4, -0.2) is 35.7 Å². The first-order chi connectivity index (χ1) is 7.13. The largest absolute Gasteiger partial charge is 0.468 e. The smallest absolute Gasteiger partial charge is 0.326 e. The van der Waals surface area contributed by atoms with E-state index >= 15 is 0 Å². The molecule has 1 heterocycles. The normalized spacial score (nSPS) is 11.9. The van der Waals surface area contributed by atoms with Crippen LogP contribution in [0.4, 0.5) is 0 Å². The van der Waals surface area contributed by atoms with Gasteiger partial charge in [0.05, 0.1) is 7.11 Å². The van der Waals surface area contributed by atoms with Crippen molar-refractivity contribution in [2.75, 3.05) is 13.7 Å². The zero-order valence-corrected chi connectivity index (χ0v) is 8.64. The number of carbonyl (C=O) groups is 1. The Morgan fingerprint density at radius 3 is 3.00 bits per heavy atom. The number of nitrogens with zero attached hydrogens (tertiary/aromatic N) is 2. The molecule has 0 aromatic carbocycles. The van der Waals surface area contributed by atoms with Crippen molar-refractivity contribution in [1.29, 1.82) is 0 Å². The van der Waals surface area contributed by atoms with E-state index in [-0.39, 0.29) is 12.6 Å². The molecule has 0 aliphatic heterocycles. The second-order valence-corrected chi connectivity index (χ2v) is 2.92. The maximum atomic E-state index is 10.9. The molecule has 2 N–H and O–H groups in total. The quantitative estimate of drug-likeness (QED) is 0.686. The summed E-state index contributed by atoms with van der Waals surface area (Å²) in [5.41, 5.74) is 6.24. The Bertz CT molecular complexity index is 343. The van der Waals surface area contributed by atoms with Gasteiger partial charge in [-0.15, -0.1) is 0 Å². The predicted octanol–water partition coefficient (Wildman–Crippen LogP) is -0.336. The molecule has 0 aliphatic carbocycles. The molecule has 82 valence electrons. The lowest BCUT2D eigenvalue weighted by Crippen LogP contribution is -2.37. The molecule has 1 aromatic heterocycles.